The number of rotatable bonds is 11. The van der Waals surface area contributed by atoms with Crippen LogP contribution in [0.2, 0.25) is 0 Å². The van der Waals surface area contributed by atoms with Crippen LogP contribution in [0.3, 0.4) is 0 Å². The fourth-order valence-electron chi connectivity index (χ4n) is 3.86. The molecule has 0 aliphatic rings. The van der Waals surface area contributed by atoms with Crippen LogP contribution in [0.4, 0.5) is 4.79 Å². The van der Waals surface area contributed by atoms with Crippen LogP contribution in [0.5, 0.6) is 0 Å². The molecule has 2 N–H and O–H groups in total. The van der Waals surface area contributed by atoms with E-state index in [9.17, 15) is 14.4 Å². The van der Waals surface area contributed by atoms with Crippen molar-refractivity contribution >= 4 is 17.9 Å². The monoisotopic (exact) mass is 507 g/mol. The lowest BCUT2D eigenvalue weighted by Gasteiger charge is -2.35. The molecule has 2 aromatic carbocycles. The van der Waals surface area contributed by atoms with E-state index in [2.05, 4.69) is 17.2 Å². The lowest BCUT2D eigenvalue weighted by atomic mass is 9.95. The summed E-state index contributed by atoms with van der Waals surface area (Å²) in [5, 5.41) is 5.74. The van der Waals surface area contributed by atoms with Gasteiger partial charge in [0.15, 0.2) is 0 Å². The van der Waals surface area contributed by atoms with Gasteiger partial charge in [0.2, 0.25) is 11.8 Å². The van der Waals surface area contributed by atoms with Gasteiger partial charge in [0.05, 0.1) is 0 Å². The van der Waals surface area contributed by atoms with Crippen LogP contribution < -0.4 is 10.6 Å². The minimum absolute atomic E-state index is 0.124. The summed E-state index contributed by atoms with van der Waals surface area (Å²) >= 11 is 0. The average molecular weight is 508 g/mol. The van der Waals surface area contributed by atoms with E-state index >= 15 is 0 Å². The van der Waals surface area contributed by atoms with E-state index in [1.807, 2.05) is 75.4 Å². The maximum atomic E-state index is 14.0. The zero-order chi connectivity index (χ0) is 27.6. The number of carbonyl (C=O) groups is 3. The van der Waals surface area contributed by atoms with Gasteiger partial charge < -0.3 is 20.3 Å². The molecule has 2 rings (SSSR count). The minimum atomic E-state index is -0.915. The van der Waals surface area contributed by atoms with Gasteiger partial charge in [-0.25, -0.2) is 4.79 Å². The number of nitrogens with zero attached hydrogens (tertiary/aromatic N) is 1. The van der Waals surface area contributed by atoms with Gasteiger partial charge in [-0.05, 0) is 44.7 Å². The molecule has 0 saturated carbocycles. The highest BCUT2D eigenvalue weighted by atomic mass is 16.6. The fourth-order valence-corrected chi connectivity index (χ4v) is 3.86. The van der Waals surface area contributed by atoms with Crippen LogP contribution in [0, 0.1) is 12.8 Å². The maximum absolute atomic E-state index is 14.0. The van der Waals surface area contributed by atoms with Crippen molar-refractivity contribution in [2.45, 2.75) is 72.2 Å². The van der Waals surface area contributed by atoms with Crippen molar-refractivity contribution in [1.82, 2.24) is 15.5 Å². The van der Waals surface area contributed by atoms with E-state index in [0.29, 0.717) is 18.5 Å². The molecule has 0 spiro atoms. The molecule has 200 valence electrons. The summed E-state index contributed by atoms with van der Waals surface area (Å²) in [6.45, 7) is 15.4. The predicted octanol–water partition coefficient (Wildman–Crippen LogP) is 5.31. The third kappa shape index (κ3) is 9.08. The van der Waals surface area contributed by atoms with Gasteiger partial charge in [-0.3, -0.25) is 9.59 Å². The predicted molar refractivity (Wildman–Crippen MR) is 147 cm³/mol. The van der Waals surface area contributed by atoms with E-state index in [0.717, 1.165) is 11.1 Å². The molecule has 0 bridgehead atoms. The van der Waals surface area contributed by atoms with Crippen LogP contribution in [0.1, 0.15) is 63.8 Å². The highest BCUT2D eigenvalue weighted by Crippen LogP contribution is 2.25. The lowest BCUT2D eigenvalue weighted by molar-refractivity contribution is -0.142. The van der Waals surface area contributed by atoms with Crippen molar-refractivity contribution in [3.63, 3.8) is 0 Å². The normalized spacial score (nSPS) is 13.6. The number of amides is 3. The van der Waals surface area contributed by atoms with Crippen LogP contribution in [-0.4, -0.2) is 41.0 Å². The first-order valence-electron chi connectivity index (χ1n) is 12.8. The Morgan fingerprint density at radius 1 is 1.05 bits per heavy atom. The molecule has 2 aromatic rings. The van der Waals surface area contributed by atoms with Crippen molar-refractivity contribution in [1.29, 1.82) is 0 Å². The third-order valence-electron chi connectivity index (χ3n) is 6.02. The Bertz CT molecular complexity index is 1040. The Hall–Kier alpha value is -3.61. The first kappa shape index (κ1) is 29.6. The van der Waals surface area contributed by atoms with E-state index in [4.69, 9.17) is 4.74 Å². The van der Waals surface area contributed by atoms with Crippen molar-refractivity contribution in [3.05, 3.63) is 83.9 Å². The number of aryl methyl sites for hydroxylation is 1. The van der Waals surface area contributed by atoms with Crippen molar-refractivity contribution in [2.24, 2.45) is 5.92 Å². The molecule has 37 heavy (non-hydrogen) atoms. The number of hydrogen-bond acceptors (Lipinski definition) is 4. The molecule has 0 fully saturated rings. The van der Waals surface area contributed by atoms with Crippen LogP contribution in [0.25, 0.3) is 0 Å². The highest BCUT2D eigenvalue weighted by molar-refractivity contribution is 5.92. The van der Waals surface area contributed by atoms with Gasteiger partial charge in [-0.1, -0.05) is 86.5 Å². The SMILES string of the molecule is C=CCN(C(=O)C(NC(=O)OC(C)(C)C)C(C)CC)C(C(=O)NCc1ccccc1)c1ccc(C)cc1. The zero-order valence-corrected chi connectivity index (χ0v) is 22.9. The van der Waals surface area contributed by atoms with E-state index < -0.39 is 23.8 Å². The van der Waals surface area contributed by atoms with Crippen LogP contribution >= 0.6 is 0 Å². The molecule has 7 heteroatoms. The molecule has 0 heterocycles. The first-order chi connectivity index (χ1) is 17.5. The Morgan fingerprint density at radius 2 is 1.68 bits per heavy atom. The molecule has 0 saturated heterocycles. The topological polar surface area (TPSA) is 87.7 Å². The summed E-state index contributed by atoms with van der Waals surface area (Å²) in [6, 6.07) is 15.3. The van der Waals surface area contributed by atoms with E-state index in [1.165, 1.54) is 4.90 Å². The molecular formula is C30H41N3O4. The first-order valence-corrected chi connectivity index (χ1v) is 12.8. The Morgan fingerprint density at radius 3 is 2.22 bits per heavy atom. The van der Waals surface area contributed by atoms with Gasteiger partial charge in [-0.15, -0.1) is 6.58 Å². The molecule has 7 nitrogen and oxygen atoms in total. The van der Waals surface area contributed by atoms with Crippen molar-refractivity contribution in [2.75, 3.05) is 6.54 Å². The minimum Gasteiger partial charge on any atom is -0.444 e. The van der Waals surface area contributed by atoms with Gasteiger partial charge in [-0.2, -0.15) is 0 Å². The number of hydrogen-bond donors (Lipinski definition) is 2. The van der Waals surface area contributed by atoms with Gasteiger partial charge in [0.1, 0.15) is 17.7 Å². The van der Waals surface area contributed by atoms with Crippen molar-refractivity contribution in [3.8, 4) is 0 Å². The largest absolute Gasteiger partial charge is 0.444 e. The summed E-state index contributed by atoms with van der Waals surface area (Å²) in [5.41, 5.74) is 1.95. The number of carbonyl (C=O) groups excluding carboxylic acids is 3. The van der Waals surface area contributed by atoms with Crippen LogP contribution in [-0.2, 0) is 20.9 Å². The second kappa shape index (κ2) is 13.6. The summed E-state index contributed by atoms with van der Waals surface area (Å²) in [5.74, 6) is -0.887. The Labute approximate surface area is 221 Å². The Kier molecular flexibility index (Phi) is 10.9. The quantitative estimate of drug-likeness (QED) is 0.404. The highest BCUT2D eigenvalue weighted by Gasteiger charge is 2.37. The Balaban J connectivity index is 2.43. The molecule has 0 radical (unpaired) electrons. The smallest absolute Gasteiger partial charge is 0.408 e. The van der Waals surface area contributed by atoms with E-state index in [-0.39, 0.29) is 24.3 Å². The molecule has 3 atom stereocenters. The van der Waals surface area contributed by atoms with Gasteiger partial charge in [0, 0.05) is 13.1 Å². The maximum Gasteiger partial charge on any atom is 0.408 e. The molecule has 3 amide bonds. The number of alkyl carbamates (subject to hydrolysis) is 1. The van der Waals surface area contributed by atoms with Gasteiger partial charge >= 0.3 is 6.09 Å². The standard InChI is InChI=1S/C30H41N3O4/c1-8-19-33(28(35)25(22(4)9-2)32-29(36)37-30(5,6)7)26(24-17-15-21(3)16-18-24)27(34)31-20-23-13-11-10-12-14-23/h8,10-18,22,25-26H,1,9,19-20H2,2-7H3,(H,31,34)(H,32,36). The van der Waals surface area contributed by atoms with Crippen molar-refractivity contribution < 1.29 is 19.1 Å². The van der Waals surface area contributed by atoms with Gasteiger partial charge in [0.25, 0.3) is 0 Å². The second-order valence-corrected chi connectivity index (χ2v) is 10.3. The number of nitrogens with one attached hydrogen (secondary N) is 2. The average Bonchev–Trinajstić information content (AvgIpc) is 2.85. The van der Waals surface area contributed by atoms with E-state index in [1.54, 1.807) is 26.8 Å². The fraction of sp³-hybridized carbons (Fsp3) is 0.433. The summed E-state index contributed by atoms with van der Waals surface area (Å²) in [7, 11) is 0. The molecule has 0 aliphatic carbocycles. The summed E-state index contributed by atoms with van der Waals surface area (Å²) in [6.07, 6.45) is 1.55. The van der Waals surface area contributed by atoms with Crippen LogP contribution in [0.15, 0.2) is 67.3 Å². The molecular weight excluding hydrogens is 466 g/mol. The molecule has 3 unspecified atom stereocenters. The summed E-state index contributed by atoms with van der Waals surface area (Å²) in [4.78, 5) is 41.8. The zero-order valence-electron chi connectivity index (χ0n) is 22.9. The molecule has 0 aliphatic heterocycles. The number of ether oxygens (including phenoxy) is 1. The lowest BCUT2D eigenvalue weighted by Crippen LogP contribution is -2.55. The number of benzene rings is 2. The third-order valence-corrected chi connectivity index (χ3v) is 6.02. The summed E-state index contributed by atoms with van der Waals surface area (Å²) < 4.78 is 5.43. The second-order valence-electron chi connectivity index (χ2n) is 10.3. The molecule has 0 aromatic heterocycles.